The van der Waals surface area contributed by atoms with E-state index in [1.165, 1.54) is 42.5 Å². The minimum Gasteiger partial charge on any atom is -0.306 e. The summed E-state index contributed by atoms with van der Waals surface area (Å²) < 4.78 is 0. The maximum atomic E-state index is 4.53. The van der Waals surface area contributed by atoms with E-state index in [0.29, 0.717) is 0 Å². The zero-order valence-electron chi connectivity index (χ0n) is 10.6. The summed E-state index contributed by atoms with van der Waals surface area (Å²) in [5, 5.41) is 3.53. The SMILES string of the molecule is CC(C)(C)NCc1nccc2c1CCCC2. The molecule has 2 nitrogen and oxygen atoms in total. The van der Waals surface area contributed by atoms with Crippen molar-refractivity contribution in [2.45, 2.75) is 58.5 Å². The topological polar surface area (TPSA) is 24.9 Å². The molecule has 1 aromatic heterocycles. The van der Waals surface area contributed by atoms with Crippen LogP contribution in [0, 0.1) is 0 Å². The molecule has 0 unspecified atom stereocenters. The number of aromatic nitrogens is 1. The number of nitrogens with one attached hydrogen (secondary N) is 1. The molecule has 16 heavy (non-hydrogen) atoms. The lowest BCUT2D eigenvalue weighted by Gasteiger charge is -2.23. The summed E-state index contributed by atoms with van der Waals surface area (Å²) in [7, 11) is 0. The molecule has 2 heteroatoms. The van der Waals surface area contributed by atoms with Gasteiger partial charge in [0.25, 0.3) is 0 Å². The summed E-state index contributed by atoms with van der Waals surface area (Å²) in [4.78, 5) is 4.53. The van der Waals surface area contributed by atoms with Crippen molar-refractivity contribution in [1.29, 1.82) is 0 Å². The number of rotatable bonds is 2. The highest BCUT2D eigenvalue weighted by Gasteiger charge is 2.15. The average Bonchev–Trinajstić information content (AvgIpc) is 2.25. The molecular weight excluding hydrogens is 196 g/mol. The number of hydrogen-bond donors (Lipinski definition) is 1. The molecule has 0 saturated heterocycles. The van der Waals surface area contributed by atoms with E-state index in [4.69, 9.17) is 0 Å². The fraction of sp³-hybridized carbons (Fsp3) is 0.643. The molecule has 0 aromatic carbocycles. The highest BCUT2D eigenvalue weighted by atomic mass is 15.0. The van der Waals surface area contributed by atoms with Gasteiger partial charge in [-0.25, -0.2) is 0 Å². The Morgan fingerprint density at radius 3 is 2.75 bits per heavy atom. The van der Waals surface area contributed by atoms with Crippen molar-refractivity contribution in [2.75, 3.05) is 0 Å². The standard InChI is InChI=1S/C14H22N2/c1-14(2,3)16-10-13-12-7-5-4-6-11(12)8-9-15-13/h8-9,16H,4-7,10H2,1-3H3. The van der Waals surface area contributed by atoms with Crippen molar-refractivity contribution in [1.82, 2.24) is 10.3 Å². The first-order valence-corrected chi connectivity index (χ1v) is 6.27. The van der Waals surface area contributed by atoms with Crippen LogP contribution in [0.3, 0.4) is 0 Å². The Morgan fingerprint density at radius 1 is 1.25 bits per heavy atom. The molecule has 0 spiro atoms. The van der Waals surface area contributed by atoms with E-state index in [1.54, 1.807) is 0 Å². The minimum absolute atomic E-state index is 0.166. The summed E-state index contributed by atoms with van der Waals surface area (Å²) in [6.45, 7) is 7.49. The Bertz CT molecular complexity index is 363. The summed E-state index contributed by atoms with van der Waals surface area (Å²) in [5.41, 5.74) is 4.45. The van der Waals surface area contributed by atoms with Crippen LogP contribution in [0.5, 0.6) is 0 Å². The first-order chi connectivity index (χ1) is 7.56. The van der Waals surface area contributed by atoms with Gasteiger partial charge in [-0.05, 0) is 63.6 Å². The summed E-state index contributed by atoms with van der Waals surface area (Å²) in [6, 6.07) is 2.19. The summed E-state index contributed by atoms with van der Waals surface area (Å²) in [6.07, 6.45) is 7.07. The number of aryl methyl sites for hydroxylation is 1. The third-order valence-electron chi connectivity index (χ3n) is 3.15. The molecule has 2 rings (SSSR count). The molecule has 1 aromatic rings. The third-order valence-corrected chi connectivity index (χ3v) is 3.15. The molecule has 0 radical (unpaired) electrons. The highest BCUT2D eigenvalue weighted by Crippen LogP contribution is 2.23. The van der Waals surface area contributed by atoms with Crippen molar-refractivity contribution in [2.24, 2.45) is 0 Å². The lowest BCUT2D eigenvalue weighted by atomic mass is 9.91. The monoisotopic (exact) mass is 218 g/mol. The fourth-order valence-corrected chi connectivity index (χ4v) is 2.24. The third kappa shape index (κ3) is 2.82. The van der Waals surface area contributed by atoms with Crippen LogP contribution in [0.1, 0.15) is 50.4 Å². The van der Waals surface area contributed by atoms with Gasteiger partial charge in [0.1, 0.15) is 0 Å². The number of nitrogens with zero attached hydrogens (tertiary/aromatic N) is 1. The Labute approximate surface area is 98.5 Å². The normalized spacial score (nSPS) is 15.9. The lowest BCUT2D eigenvalue weighted by molar-refractivity contribution is 0.419. The quantitative estimate of drug-likeness (QED) is 0.825. The summed E-state index contributed by atoms with van der Waals surface area (Å²) >= 11 is 0. The van der Waals surface area contributed by atoms with Crippen LogP contribution >= 0.6 is 0 Å². The van der Waals surface area contributed by atoms with Crippen LogP contribution in [0.15, 0.2) is 12.3 Å². The molecule has 1 aliphatic carbocycles. The molecule has 0 bridgehead atoms. The van der Waals surface area contributed by atoms with E-state index >= 15 is 0 Å². The molecule has 0 fully saturated rings. The number of pyridine rings is 1. The van der Waals surface area contributed by atoms with Gasteiger partial charge in [-0.15, -0.1) is 0 Å². The summed E-state index contributed by atoms with van der Waals surface area (Å²) in [5.74, 6) is 0. The number of fused-ring (bicyclic) bond motifs is 1. The van der Waals surface area contributed by atoms with Gasteiger partial charge < -0.3 is 5.32 Å². The largest absolute Gasteiger partial charge is 0.306 e. The smallest absolute Gasteiger partial charge is 0.0576 e. The van der Waals surface area contributed by atoms with Crippen molar-refractivity contribution < 1.29 is 0 Å². The fourth-order valence-electron chi connectivity index (χ4n) is 2.24. The van der Waals surface area contributed by atoms with Gasteiger partial charge in [0, 0.05) is 18.3 Å². The zero-order valence-corrected chi connectivity index (χ0v) is 10.6. The van der Waals surface area contributed by atoms with E-state index in [9.17, 15) is 0 Å². The second kappa shape index (κ2) is 4.54. The lowest BCUT2D eigenvalue weighted by Crippen LogP contribution is -2.35. The Balaban J connectivity index is 2.15. The molecule has 1 heterocycles. The Morgan fingerprint density at radius 2 is 2.00 bits per heavy atom. The first kappa shape index (κ1) is 11.6. The molecule has 1 N–H and O–H groups in total. The van der Waals surface area contributed by atoms with Gasteiger partial charge in [0.15, 0.2) is 0 Å². The molecular formula is C14H22N2. The van der Waals surface area contributed by atoms with Crippen LogP contribution in [-0.2, 0) is 19.4 Å². The highest BCUT2D eigenvalue weighted by molar-refractivity contribution is 5.32. The van der Waals surface area contributed by atoms with Gasteiger partial charge in [-0.2, -0.15) is 0 Å². The van der Waals surface area contributed by atoms with E-state index in [2.05, 4.69) is 37.1 Å². The Kier molecular flexibility index (Phi) is 3.29. The van der Waals surface area contributed by atoms with Crippen LogP contribution in [0.2, 0.25) is 0 Å². The molecule has 0 atom stereocenters. The van der Waals surface area contributed by atoms with Gasteiger partial charge in [-0.1, -0.05) is 0 Å². The predicted molar refractivity (Wildman–Crippen MR) is 67.5 cm³/mol. The van der Waals surface area contributed by atoms with E-state index in [1.807, 2.05) is 6.20 Å². The molecule has 1 aliphatic rings. The van der Waals surface area contributed by atoms with E-state index in [-0.39, 0.29) is 5.54 Å². The van der Waals surface area contributed by atoms with Crippen molar-refractivity contribution in [3.8, 4) is 0 Å². The van der Waals surface area contributed by atoms with Crippen molar-refractivity contribution >= 4 is 0 Å². The van der Waals surface area contributed by atoms with E-state index < -0.39 is 0 Å². The minimum atomic E-state index is 0.166. The number of hydrogen-bond acceptors (Lipinski definition) is 2. The van der Waals surface area contributed by atoms with Crippen LogP contribution in [0.4, 0.5) is 0 Å². The van der Waals surface area contributed by atoms with Gasteiger partial charge in [0.2, 0.25) is 0 Å². The van der Waals surface area contributed by atoms with Gasteiger partial charge in [-0.3, -0.25) is 4.98 Å². The van der Waals surface area contributed by atoms with Crippen LogP contribution < -0.4 is 5.32 Å². The van der Waals surface area contributed by atoms with E-state index in [0.717, 1.165) is 6.54 Å². The van der Waals surface area contributed by atoms with Gasteiger partial charge in [0.05, 0.1) is 5.69 Å². The predicted octanol–water partition coefficient (Wildman–Crippen LogP) is 2.85. The Hall–Kier alpha value is -0.890. The average molecular weight is 218 g/mol. The van der Waals surface area contributed by atoms with Crippen molar-refractivity contribution in [3.63, 3.8) is 0 Å². The zero-order chi connectivity index (χ0) is 11.6. The van der Waals surface area contributed by atoms with Crippen molar-refractivity contribution in [3.05, 3.63) is 29.1 Å². The molecule has 0 aliphatic heterocycles. The molecule has 0 amide bonds. The maximum Gasteiger partial charge on any atom is 0.0576 e. The second-order valence-electron chi connectivity index (χ2n) is 5.71. The second-order valence-corrected chi connectivity index (χ2v) is 5.71. The molecule has 88 valence electrons. The molecule has 0 saturated carbocycles. The first-order valence-electron chi connectivity index (χ1n) is 6.27. The van der Waals surface area contributed by atoms with Gasteiger partial charge >= 0.3 is 0 Å². The van der Waals surface area contributed by atoms with Crippen LogP contribution in [0.25, 0.3) is 0 Å². The maximum absolute atomic E-state index is 4.53. The van der Waals surface area contributed by atoms with Crippen LogP contribution in [-0.4, -0.2) is 10.5 Å².